The summed E-state index contributed by atoms with van der Waals surface area (Å²) in [5.41, 5.74) is 4.76. The highest BCUT2D eigenvalue weighted by Gasteiger charge is 2.13. The molecule has 0 saturated heterocycles. The lowest BCUT2D eigenvalue weighted by molar-refractivity contribution is 0.712. The average Bonchev–Trinajstić information content (AvgIpc) is 2.95. The molecule has 0 aliphatic heterocycles. The third-order valence-corrected chi connectivity index (χ3v) is 4.44. The molecule has 2 aromatic heterocycles. The summed E-state index contributed by atoms with van der Waals surface area (Å²) in [5, 5.41) is 3.82. The van der Waals surface area contributed by atoms with Crippen LogP contribution in [0.1, 0.15) is 31.9 Å². The minimum absolute atomic E-state index is 1.05. The van der Waals surface area contributed by atoms with Crippen molar-refractivity contribution in [1.29, 1.82) is 0 Å². The van der Waals surface area contributed by atoms with Gasteiger partial charge in [0.1, 0.15) is 0 Å². The van der Waals surface area contributed by atoms with Gasteiger partial charge in [0, 0.05) is 21.7 Å². The fourth-order valence-corrected chi connectivity index (χ4v) is 3.35. The Morgan fingerprint density at radius 2 is 1.68 bits per heavy atom. The smallest absolute Gasteiger partial charge is 0.0726 e. The van der Waals surface area contributed by atoms with Crippen LogP contribution >= 0.6 is 0 Å². The van der Waals surface area contributed by atoms with Crippen LogP contribution in [0.2, 0.25) is 0 Å². The van der Waals surface area contributed by atoms with Crippen molar-refractivity contribution in [1.82, 2.24) is 9.97 Å². The second-order valence-corrected chi connectivity index (χ2v) is 5.95. The van der Waals surface area contributed by atoms with E-state index in [1.54, 1.807) is 0 Å². The number of unbranched alkanes of at least 4 members (excludes halogenated alkanes) is 2. The summed E-state index contributed by atoms with van der Waals surface area (Å²) >= 11 is 0. The van der Waals surface area contributed by atoms with Crippen LogP contribution in [-0.2, 0) is 6.42 Å². The second kappa shape index (κ2) is 5.45. The molecule has 0 radical (unpaired) electrons. The van der Waals surface area contributed by atoms with E-state index in [1.165, 1.54) is 52.1 Å². The Morgan fingerprint density at radius 3 is 2.55 bits per heavy atom. The molecule has 2 heteroatoms. The summed E-state index contributed by atoms with van der Waals surface area (Å²) in [7, 11) is 0. The zero-order valence-corrected chi connectivity index (χ0v) is 12.9. The molecule has 0 spiro atoms. The fourth-order valence-electron chi connectivity index (χ4n) is 3.35. The normalized spacial score (nSPS) is 11.7. The molecule has 0 amide bonds. The Kier molecular flexibility index (Phi) is 3.30. The maximum atomic E-state index is 4.98. The number of rotatable bonds is 4. The van der Waals surface area contributed by atoms with Crippen LogP contribution in [0.15, 0.2) is 48.5 Å². The molecule has 2 aromatic carbocycles. The third kappa shape index (κ3) is 2.07. The van der Waals surface area contributed by atoms with Crippen LogP contribution < -0.4 is 0 Å². The Hall–Kier alpha value is -2.35. The predicted octanol–water partition coefficient (Wildman–Crippen LogP) is 5.60. The van der Waals surface area contributed by atoms with Crippen molar-refractivity contribution in [3.63, 3.8) is 0 Å². The van der Waals surface area contributed by atoms with Crippen molar-refractivity contribution < 1.29 is 0 Å². The van der Waals surface area contributed by atoms with Crippen molar-refractivity contribution in [3.05, 3.63) is 54.2 Å². The molecule has 0 fully saturated rings. The molecule has 0 aliphatic rings. The van der Waals surface area contributed by atoms with Gasteiger partial charge >= 0.3 is 0 Å². The molecule has 22 heavy (non-hydrogen) atoms. The van der Waals surface area contributed by atoms with Gasteiger partial charge in [-0.15, -0.1) is 0 Å². The number of pyridine rings is 1. The van der Waals surface area contributed by atoms with E-state index >= 15 is 0 Å². The summed E-state index contributed by atoms with van der Waals surface area (Å²) in [5.74, 6) is 0. The van der Waals surface area contributed by atoms with Crippen LogP contribution in [0.25, 0.3) is 32.7 Å². The van der Waals surface area contributed by atoms with Crippen molar-refractivity contribution in [2.24, 2.45) is 0 Å². The lowest BCUT2D eigenvalue weighted by Gasteiger charge is -2.06. The van der Waals surface area contributed by atoms with Crippen LogP contribution in [0.5, 0.6) is 0 Å². The third-order valence-electron chi connectivity index (χ3n) is 4.44. The SMILES string of the molecule is CCCCCc1nc2ccccc2c2[nH]c3ccccc3c12. The molecule has 0 saturated carbocycles. The van der Waals surface area contributed by atoms with Crippen LogP contribution in [0.4, 0.5) is 0 Å². The van der Waals surface area contributed by atoms with Crippen molar-refractivity contribution in [3.8, 4) is 0 Å². The minimum Gasteiger partial charge on any atom is -0.354 e. The summed E-state index contributed by atoms with van der Waals surface area (Å²) in [6.07, 6.45) is 4.76. The number of para-hydroxylation sites is 2. The van der Waals surface area contributed by atoms with E-state index in [1.807, 2.05) is 0 Å². The minimum atomic E-state index is 1.05. The van der Waals surface area contributed by atoms with Gasteiger partial charge in [-0.3, -0.25) is 4.98 Å². The predicted molar refractivity (Wildman–Crippen MR) is 94.3 cm³/mol. The zero-order valence-electron chi connectivity index (χ0n) is 12.9. The summed E-state index contributed by atoms with van der Waals surface area (Å²) in [6, 6.07) is 17.0. The average molecular weight is 288 g/mol. The van der Waals surface area contributed by atoms with Crippen molar-refractivity contribution in [2.75, 3.05) is 0 Å². The van der Waals surface area contributed by atoms with E-state index in [0.717, 1.165) is 11.9 Å². The molecule has 2 nitrogen and oxygen atoms in total. The molecular formula is C20H20N2. The largest absolute Gasteiger partial charge is 0.354 e. The zero-order chi connectivity index (χ0) is 14.9. The molecule has 0 atom stereocenters. The maximum absolute atomic E-state index is 4.98. The van der Waals surface area contributed by atoms with Crippen molar-refractivity contribution in [2.45, 2.75) is 32.6 Å². The number of benzene rings is 2. The van der Waals surface area contributed by atoms with E-state index < -0.39 is 0 Å². The highest BCUT2D eigenvalue weighted by molar-refractivity contribution is 6.17. The Morgan fingerprint density at radius 1 is 0.909 bits per heavy atom. The Balaban J connectivity index is 2.05. The number of hydrogen-bond acceptors (Lipinski definition) is 1. The molecule has 4 aromatic rings. The molecule has 0 aliphatic carbocycles. The number of aromatic nitrogens is 2. The van der Waals surface area contributed by atoms with Gasteiger partial charge in [-0.25, -0.2) is 0 Å². The number of nitrogens with one attached hydrogen (secondary N) is 1. The monoisotopic (exact) mass is 288 g/mol. The fraction of sp³-hybridized carbons (Fsp3) is 0.250. The summed E-state index contributed by atoms with van der Waals surface area (Å²) in [4.78, 5) is 8.59. The standard InChI is InChI=1S/C20H20N2/c1-2-3-4-13-18-19-14-9-5-7-11-16(14)22-20(19)15-10-6-8-12-17(15)21-18/h5-12,22H,2-4,13H2,1H3. The van der Waals surface area contributed by atoms with Gasteiger partial charge in [0.05, 0.1) is 16.7 Å². The number of aryl methyl sites for hydroxylation is 1. The van der Waals surface area contributed by atoms with Gasteiger partial charge in [0.2, 0.25) is 0 Å². The summed E-state index contributed by atoms with van der Waals surface area (Å²) in [6.45, 7) is 2.25. The van der Waals surface area contributed by atoms with E-state index in [2.05, 4.69) is 60.4 Å². The first-order valence-corrected chi connectivity index (χ1v) is 8.16. The number of H-pyrrole nitrogens is 1. The number of fused-ring (bicyclic) bond motifs is 5. The Labute approximate surface area is 130 Å². The van der Waals surface area contributed by atoms with Gasteiger partial charge < -0.3 is 4.98 Å². The summed E-state index contributed by atoms with van der Waals surface area (Å²) < 4.78 is 0. The topological polar surface area (TPSA) is 28.7 Å². The number of hydrogen-bond donors (Lipinski definition) is 1. The van der Waals surface area contributed by atoms with Crippen molar-refractivity contribution >= 4 is 32.7 Å². The molecule has 110 valence electrons. The second-order valence-electron chi connectivity index (χ2n) is 5.95. The molecule has 0 bridgehead atoms. The highest BCUT2D eigenvalue weighted by atomic mass is 14.8. The van der Waals surface area contributed by atoms with Gasteiger partial charge in [0.25, 0.3) is 0 Å². The molecule has 2 heterocycles. The van der Waals surface area contributed by atoms with Gasteiger partial charge in [-0.2, -0.15) is 0 Å². The molecule has 1 N–H and O–H groups in total. The van der Waals surface area contributed by atoms with Gasteiger partial charge in [-0.05, 0) is 25.0 Å². The molecular weight excluding hydrogens is 268 g/mol. The van der Waals surface area contributed by atoms with Gasteiger partial charge in [0.15, 0.2) is 0 Å². The number of aromatic amines is 1. The first-order valence-electron chi connectivity index (χ1n) is 8.16. The number of nitrogens with zero attached hydrogens (tertiary/aromatic N) is 1. The van der Waals surface area contributed by atoms with Crippen LogP contribution in [-0.4, -0.2) is 9.97 Å². The van der Waals surface area contributed by atoms with E-state index in [-0.39, 0.29) is 0 Å². The van der Waals surface area contributed by atoms with E-state index in [0.29, 0.717) is 0 Å². The van der Waals surface area contributed by atoms with Crippen LogP contribution in [0.3, 0.4) is 0 Å². The highest BCUT2D eigenvalue weighted by Crippen LogP contribution is 2.33. The quantitative estimate of drug-likeness (QED) is 0.486. The van der Waals surface area contributed by atoms with E-state index in [9.17, 15) is 0 Å². The maximum Gasteiger partial charge on any atom is 0.0726 e. The first kappa shape index (κ1) is 13.3. The lowest BCUT2D eigenvalue weighted by atomic mass is 10.0. The molecule has 0 unspecified atom stereocenters. The first-order chi connectivity index (χ1) is 10.9. The molecule has 4 rings (SSSR count). The van der Waals surface area contributed by atoms with Gasteiger partial charge in [-0.1, -0.05) is 56.2 Å². The van der Waals surface area contributed by atoms with E-state index in [4.69, 9.17) is 4.98 Å². The lowest BCUT2D eigenvalue weighted by Crippen LogP contribution is -1.93. The van der Waals surface area contributed by atoms with Crippen LogP contribution in [0, 0.1) is 0 Å². The Bertz CT molecular complexity index is 950.